The fourth-order valence-electron chi connectivity index (χ4n) is 1.79. The number of halogens is 1. The Morgan fingerprint density at radius 3 is 2.75 bits per heavy atom. The quantitative estimate of drug-likeness (QED) is 0.802. The van der Waals surface area contributed by atoms with Gasteiger partial charge in [0.25, 0.3) is 0 Å². The van der Waals surface area contributed by atoms with Gasteiger partial charge in [0, 0.05) is 13.1 Å². The van der Waals surface area contributed by atoms with E-state index in [1.54, 1.807) is 12.1 Å². The van der Waals surface area contributed by atoms with Gasteiger partial charge in [-0.25, -0.2) is 9.99 Å². The van der Waals surface area contributed by atoms with E-state index in [4.69, 9.17) is 16.9 Å². The third-order valence-electron chi connectivity index (χ3n) is 2.55. The van der Waals surface area contributed by atoms with Crippen molar-refractivity contribution in [2.24, 2.45) is 0 Å². The molecule has 2 rings (SSSR count). The Morgan fingerprint density at radius 2 is 2.06 bits per heavy atom. The predicted octanol–water partition coefficient (Wildman–Crippen LogP) is 2.42. The van der Waals surface area contributed by atoms with E-state index in [1.807, 2.05) is 0 Å². The summed E-state index contributed by atoms with van der Waals surface area (Å²) in [5.41, 5.74) is 3.71. The minimum absolute atomic E-state index is 0.346. The largest absolute Gasteiger partial charge is 0.303 e. The zero-order valence-corrected chi connectivity index (χ0v) is 9.67. The lowest BCUT2D eigenvalue weighted by molar-refractivity contribution is 0.272. The van der Waals surface area contributed by atoms with Crippen molar-refractivity contribution in [2.75, 3.05) is 18.5 Å². The van der Waals surface area contributed by atoms with Crippen LogP contribution in [0.1, 0.15) is 24.8 Å². The van der Waals surface area contributed by atoms with E-state index in [1.165, 1.54) is 19.3 Å². The van der Waals surface area contributed by atoms with Gasteiger partial charge in [0.2, 0.25) is 0 Å². The summed E-state index contributed by atoms with van der Waals surface area (Å²) in [4.78, 5) is 4.14. The minimum atomic E-state index is 0.346. The maximum Gasteiger partial charge on any atom is 0.143 e. The van der Waals surface area contributed by atoms with Crippen LogP contribution in [0.3, 0.4) is 0 Å². The molecule has 0 bridgehead atoms. The van der Waals surface area contributed by atoms with Crippen molar-refractivity contribution in [3.05, 3.63) is 22.8 Å². The summed E-state index contributed by atoms with van der Waals surface area (Å²) in [6, 6.07) is 5.33. The van der Waals surface area contributed by atoms with Gasteiger partial charge in [0.1, 0.15) is 11.0 Å². The number of piperidine rings is 1. The molecule has 0 unspecified atom stereocenters. The number of hydrazine groups is 1. The Balaban J connectivity index is 2.08. The first-order valence-corrected chi connectivity index (χ1v) is 5.75. The van der Waals surface area contributed by atoms with Crippen LogP contribution < -0.4 is 5.43 Å². The number of hydrogen-bond donors (Lipinski definition) is 1. The monoisotopic (exact) mass is 236 g/mol. The molecule has 84 valence electrons. The molecule has 0 aromatic carbocycles. The van der Waals surface area contributed by atoms with Crippen LogP contribution in [0.15, 0.2) is 12.1 Å². The Labute approximate surface area is 99.8 Å². The molecule has 1 aromatic rings. The van der Waals surface area contributed by atoms with Gasteiger partial charge in [-0.05, 0) is 25.0 Å². The first-order valence-electron chi connectivity index (χ1n) is 5.37. The molecule has 0 saturated carbocycles. The molecule has 4 nitrogen and oxygen atoms in total. The number of nitriles is 1. The number of hydrogen-bond acceptors (Lipinski definition) is 4. The summed E-state index contributed by atoms with van der Waals surface area (Å²) in [6.45, 7) is 2.02. The van der Waals surface area contributed by atoms with Gasteiger partial charge in [-0.1, -0.05) is 18.0 Å². The van der Waals surface area contributed by atoms with E-state index in [0.29, 0.717) is 16.5 Å². The van der Waals surface area contributed by atoms with Crippen LogP contribution >= 0.6 is 11.6 Å². The normalized spacial score (nSPS) is 16.8. The number of rotatable bonds is 2. The average Bonchev–Trinajstić information content (AvgIpc) is 2.29. The minimum Gasteiger partial charge on any atom is -0.303 e. The van der Waals surface area contributed by atoms with E-state index in [-0.39, 0.29) is 0 Å². The van der Waals surface area contributed by atoms with Crippen molar-refractivity contribution in [3.8, 4) is 6.07 Å². The first-order chi connectivity index (χ1) is 7.78. The van der Waals surface area contributed by atoms with Crippen molar-refractivity contribution in [1.82, 2.24) is 9.99 Å². The Hall–Kier alpha value is -1.31. The molecule has 16 heavy (non-hydrogen) atoms. The number of anilines is 1. The van der Waals surface area contributed by atoms with Gasteiger partial charge in [-0.2, -0.15) is 5.26 Å². The Kier molecular flexibility index (Phi) is 3.60. The summed E-state index contributed by atoms with van der Waals surface area (Å²) in [5.74, 6) is 0.644. The predicted molar refractivity (Wildman–Crippen MR) is 63.0 cm³/mol. The fourth-order valence-corrected chi connectivity index (χ4v) is 2.00. The topological polar surface area (TPSA) is 52.0 Å². The van der Waals surface area contributed by atoms with Gasteiger partial charge in [-0.15, -0.1) is 0 Å². The molecule has 0 atom stereocenters. The zero-order valence-electron chi connectivity index (χ0n) is 8.91. The molecular formula is C11H13ClN4. The van der Waals surface area contributed by atoms with Crippen LogP contribution in [-0.2, 0) is 0 Å². The molecule has 0 aliphatic carbocycles. The number of pyridine rings is 1. The van der Waals surface area contributed by atoms with E-state index in [0.717, 1.165) is 13.1 Å². The highest BCUT2D eigenvalue weighted by atomic mass is 35.5. The second-order valence-corrected chi connectivity index (χ2v) is 4.22. The van der Waals surface area contributed by atoms with Crippen LogP contribution in [0.4, 0.5) is 5.82 Å². The summed E-state index contributed by atoms with van der Waals surface area (Å²) < 4.78 is 0. The van der Waals surface area contributed by atoms with Gasteiger partial charge in [-0.3, -0.25) is 0 Å². The molecule has 0 amide bonds. The highest BCUT2D eigenvalue weighted by Gasteiger charge is 2.10. The third-order valence-corrected chi connectivity index (χ3v) is 2.75. The molecule has 1 fully saturated rings. The van der Waals surface area contributed by atoms with E-state index >= 15 is 0 Å². The third kappa shape index (κ3) is 2.84. The lowest BCUT2D eigenvalue weighted by Gasteiger charge is -2.27. The summed E-state index contributed by atoms with van der Waals surface area (Å²) in [6.07, 6.45) is 3.67. The van der Waals surface area contributed by atoms with Crippen molar-refractivity contribution in [2.45, 2.75) is 19.3 Å². The highest BCUT2D eigenvalue weighted by molar-refractivity contribution is 6.29. The van der Waals surface area contributed by atoms with Crippen LogP contribution in [0, 0.1) is 11.3 Å². The van der Waals surface area contributed by atoms with Gasteiger partial charge in [0.15, 0.2) is 0 Å². The summed E-state index contributed by atoms with van der Waals surface area (Å²) in [7, 11) is 0. The van der Waals surface area contributed by atoms with E-state index < -0.39 is 0 Å². The molecule has 5 heteroatoms. The number of aromatic nitrogens is 1. The summed E-state index contributed by atoms with van der Waals surface area (Å²) in [5, 5.41) is 11.3. The second-order valence-electron chi connectivity index (χ2n) is 3.84. The average molecular weight is 237 g/mol. The van der Waals surface area contributed by atoms with Crippen molar-refractivity contribution in [3.63, 3.8) is 0 Å². The van der Waals surface area contributed by atoms with Crippen LogP contribution in [0.5, 0.6) is 0 Å². The first kappa shape index (κ1) is 11.2. The van der Waals surface area contributed by atoms with Crippen molar-refractivity contribution < 1.29 is 0 Å². The molecule has 0 radical (unpaired) electrons. The van der Waals surface area contributed by atoms with E-state index in [2.05, 4.69) is 21.5 Å². The molecule has 2 heterocycles. The van der Waals surface area contributed by atoms with Crippen LogP contribution in [-0.4, -0.2) is 23.1 Å². The molecule has 1 aromatic heterocycles. The van der Waals surface area contributed by atoms with Crippen LogP contribution in [0.2, 0.25) is 5.15 Å². The molecule has 1 aliphatic rings. The maximum absolute atomic E-state index is 8.81. The van der Waals surface area contributed by atoms with Crippen molar-refractivity contribution in [1.29, 1.82) is 5.26 Å². The lowest BCUT2D eigenvalue weighted by atomic mass is 10.2. The fraction of sp³-hybridized carbons (Fsp3) is 0.455. The Bertz CT molecular complexity index is 407. The maximum atomic E-state index is 8.81. The number of nitrogens with one attached hydrogen (secondary N) is 1. The van der Waals surface area contributed by atoms with Gasteiger partial charge < -0.3 is 5.43 Å². The van der Waals surface area contributed by atoms with E-state index in [9.17, 15) is 0 Å². The SMILES string of the molecule is N#Cc1cc(Cl)nc(NN2CCCCC2)c1. The molecule has 1 N–H and O–H groups in total. The number of nitrogens with zero attached hydrogens (tertiary/aromatic N) is 3. The van der Waals surface area contributed by atoms with Crippen molar-refractivity contribution >= 4 is 17.4 Å². The van der Waals surface area contributed by atoms with Crippen LogP contribution in [0.25, 0.3) is 0 Å². The van der Waals surface area contributed by atoms with Gasteiger partial charge >= 0.3 is 0 Å². The Morgan fingerprint density at radius 1 is 1.31 bits per heavy atom. The van der Waals surface area contributed by atoms with Gasteiger partial charge in [0.05, 0.1) is 11.6 Å². The zero-order chi connectivity index (χ0) is 11.4. The second kappa shape index (κ2) is 5.15. The smallest absolute Gasteiger partial charge is 0.143 e. The summed E-state index contributed by atoms with van der Waals surface area (Å²) >= 11 is 5.83. The molecule has 1 aliphatic heterocycles. The molecule has 1 saturated heterocycles. The molecule has 0 spiro atoms. The lowest BCUT2D eigenvalue weighted by Crippen LogP contribution is -2.35. The molecular weight excluding hydrogens is 224 g/mol. The standard InChI is InChI=1S/C11H13ClN4/c12-10-6-9(8-13)7-11(14-10)15-16-4-2-1-3-5-16/h6-7H,1-5H2,(H,14,15). The highest BCUT2D eigenvalue weighted by Crippen LogP contribution is 2.16.